The summed E-state index contributed by atoms with van der Waals surface area (Å²) in [5.41, 5.74) is 14.9. The van der Waals surface area contributed by atoms with Crippen LogP contribution in [0.2, 0.25) is 0 Å². The van der Waals surface area contributed by atoms with Crippen molar-refractivity contribution in [1.82, 2.24) is 15.0 Å². The van der Waals surface area contributed by atoms with Crippen molar-refractivity contribution in [3.8, 4) is 67.5 Å². The van der Waals surface area contributed by atoms with Crippen LogP contribution in [0.5, 0.6) is 0 Å². The summed E-state index contributed by atoms with van der Waals surface area (Å²) in [7, 11) is 0. The molecule has 0 saturated heterocycles. The fourth-order valence-corrected chi connectivity index (χ4v) is 8.21. The van der Waals surface area contributed by atoms with Crippen LogP contribution in [-0.2, 0) is 5.41 Å². The molecule has 0 atom stereocenters. The van der Waals surface area contributed by atoms with Gasteiger partial charge in [-0.25, -0.2) is 15.0 Å². The maximum Gasteiger partial charge on any atom is 0.164 e. The SMILES string of the molecule is c1ccc(-c2nc(-c3ccccc3-c3ccccc3)nc(-c3cccc4c3-c3ccccc3C43c4ccccc4-c4ccccc43)n2)cc1. The zero-order chi connectivity index (χ0) is 32.4. The lowest BCUT2D eigenvalue weighted by Crippen LogP contribution is -2.25. The summed E-state index contributed by atoms with van der Waals surface area (Å²) in [6.07, 6.45) is 0. The number of rotatable bonds is 4. The minimum absolute atomic E-state index is 0.437. The van der Waals surface area contributed by atoms with E-state index in [1.165, 1.54) is 44.5 Å². The third kappa shape index (κ3) is 3.99. The fourth-order valence-electron chi connectivity index (χ4n) is 8.21. The summed E-state index contributed by atoms with van der Waals surface area (Å²) in [5, 5.41) is 0. The molecule has 1 spiro atoms. The molecule has 0 unspecified atom stereocenters. The Labute approximate surface area is 285 Å². The quantitative estimate of drug-likeness (QED) is 0.196. The summed E-state index contributed by atoms with van der Waals surface area (Å²) < 4.78 is 0. The molecule has 49 heavy (non-hydrogen) atoms. The summed E-state index contributed by atoms with van der Waals surface area (Å²) >= 11 is 0. The molecular formula is C46H29N3. The number of fused-ring (bicyclic) bond motifs is 10. The predicted molar refractivity (Wildman–Crippen MR) is 198 cm³/mol. The molecule has 10 rings (SSSR count). The van der Waals surface area contributed by atoms with E-state index in [1.54, 1.807) is 0 Å². The molecule has 1 aromatic heterocycles. The van der Waals surface area contributed by atoms with Gasteiger partial charge in [0.2, 0.25) is 0 Å². The van der Waals surface area contributed by atoms with Crippen LogP contribution >= 0.6 is 0 Å². The molecule has 1 heterocycles. The van der Waals surface area contributed by atoms with Gasteiger partial charge in [-0.3, -0.25) is 0 Å². The first kappa shape index (κ1) is 27.6. The van der Waals surface area contributed by atoms with Crippen LogP contribution in [0, 0.1) is 0 Å². The molecule has 0 saturated carbocycles. The summed E-state index contributed by atoms with van der Waals surface area (Å²) in [6.45, 7) is 0. The second-order valence-corrected chi connectivity index (χ2v) is 12.7. The Morgan fingerprint density at radius 1 is 0.265 bits per heavy atom. The molecule has 0 bridgehead atoms. The largest absolute Gasteiger partial charge is 0.208 e. The molecule has 0 N–H and O–H groups in total. The molecule has 0 radical (unpaired) electrons. The lowest BCUT2D eigenvalue weighted by atomic mass is 9.70. The monoisotopic (exact) mass is 623 g/mol. The minimum Gasteiger partial charge on any atom is -0.208 e. The standard InChI is InChI=1S/C46H29N3/c1-3-16-30(17-4-1)32-20-7-8-23-35(32)44-47-43(31-18-5-2-6-19-31)48-45(49-44)37-25-15-29-41-42(37)36-24-11-14-28-40(36)46(41)38-26-12-9-21-33(38)34-22-10-13-27-39(34)46/h1-29H. The second-order valence-electron chi connectivity index (χ2n) is 12.7. The Morgan fingerprint density at radius 2 is 0.673 bits per heavy atom. The number of aromatic nitrogens is 3. The van der Waals surface area contributed by atoms with E-state index in [4.69, 9.17) is 15.0 Å². The van der Waals surface area contributed by atoms with Gasteiger partial charge in [0.25, 0.3) is 0 Å². The van der Waals surface area contributed by atoms with E-state index in [2.05, 4.69) is 152 Å². The van der Waals surface area contributed by atoms with Gasteiger partial charge in [-0.2, -0.15) is 0 Å². The van der Waals surface area contributed by atoms with E-state index in [9.17, 15) is 0 Å². The summed E-state index contributed by atoms with van der Waals surface area (Å²) in [5.74, 6) is 1.96. The van der Waals surface area contributed by atoms with Crippen molar-refractivity contribution in [2.45, 2.75) is 5.41 Å². The molecule has 7 aromatic carbocycles. The van der Waals surface area contributed by atoms with E-state index in [0.717, 1.165) is 27.8 Å². The molecule has 0 aliphatic heterocycles. The number of hydrogen-bond donors (Lipinski definition) is 0. The lowest BCUT2D eigenvalue weighted by Gasteiger charge is -2.30. The van der Waals surface area contributed by atoms with Crippen LogP contribution in [0.1, 0.15) is 22.3 Å². The molecule has 2 aliphatic carbocycles. The topological polar surface area (TPSA) is 38.7 Å². The first-order valence-electron chi connectivity index (χ1n) is 16.7. The van der Waals surface area contributed by atoms with Gasteiger partial charge in [-0.1, -0.05) is 176 Å². The first-order chi connectivity index (χ1) is 24.3. The fraction of sp³-hybridized carbons (Fsp3) is 0.0217. The summed E-state index contributed by atoms with van der Waals surface area (Å²) in [4.78, 5) is 15.7. The van der Waals surface area contributed by atoms with Crippen molar-refractivity contribution in [2.24, 2.45) is 0 Å². The third-order valence-corrected chi connectivity index (χ3v) is 10.2. The van der Waals surface area contributed by atoms with Crippen LogP contribution in [0.25, 0.3) is 67.5 Å². The van der Waals surface area contributed by atoms with Crippen LogP contribution in [-0.4, -0.2) is 15.0 Å². The van der Waals surface area contributed by atoms with E-state index >= 15 is 0 Å². The van der Waals surface area contributed by atoms with Crippen molar-refractivity contribution in [2.75, 3.05) is 0 Å². The van der Waals surface area contributed by atoms with Crippen LogP contribution in [0.3, 0.4) is 0 Å². The molecular weight excluding hydrogens is 595 g/mol. The zero-order valence-electron chi connectivity index (χ0n) is 26.6. The first-order valence-corrected chi connectivity index (χ1v) is 16.7. The Morgan fingerprint density at radius 3 is 1.31 bits per heavy atom. The Kier molecular flexibility index (Phi) is 6.09. The molecule has 228 valence electrons. The van der Waals surface area contributed by atoms with E-state index < -0.39 is 5.41 Å². The molecule has 2 aliphatic rings. The van der Waals surface area contributed by atoms with Crippen LogP contribution in [0.15, 0.2) is 176 Å². The van der Waals surface area contributed by atoms with Gasteiger partial charge < -0.3 is 0 Å². The van der Waals surface area contributed by atoms with Crippen molar-refractivity contribution < 1.29 is 0 Å². The van der Waals surface area contributed by atoms with Gasteiger partial charge >= 0.3 is 0 Å². The number of hydrogen-bond acceptors (Lipinski definition) is 3. The molecule has 8 aromatic rings. The highest BCUT2D eigenvalue weighted by molar-refractivity contribution is 5.99. The van der Waals surface area contributed by atoms with Gasteiger partial charge in [-0.15, -0.1) is 0 Å². The molecule has 3 heteroatoms. The second kappa shape index (κ2) is 10.8. The van der Waals surface area contributed by atoms with Crippen LogP contribution in [0.4, 0.5) is 0 Å². The lowest BCUT2D eigenvalue weighted by molar-refractivity contribution is 0.794. The van der Waals surface area contributed by atoms with Crippen molar-refractivity contribution >= 4 is 0 Å². The maximum absolute atomic E-state index is 5.32. The highest BCUT2D eigenvalue weighted by atomic mass is 15.0. The number of benzene rings is 7. The van der Waals surface area contributed by atoms with Crippen molar-refractivity contribution in [3.63, 3.8) is 0 Å². The number of nitrogens with zero attached hydrogens (tertiary/aromatic N) is 3. The molecule has 3 nitrogen and oxygen atoms in total. The van der Waals surface area contributed by atoms with E-state index in [1.807, 2.05) is 24.3 Å². The van der Waals surface area contributed by atoms with E-state index in [-0.39, 0.29) is 0 Å². The van der Waals surface area contributed by atoms with E-state index in [0.29, 0.717) is 17.5 Å². The van der Waals surface area contributed by atoms with Crippen LogP contribution < -0.4 is 0 Å². The third-order valence-electron chi connectivity index (χ3n) is 10.2. The van der Waals surface area contributed by atoms with Gasteiger partial charge in [0, 0.05) is 16.7 Å². The average Bonchev–Trinajstić information content (AvgIpc) is 3.66. The highest BCUT2D eigenvalue weighted by Gasteiger charge is 2.52. The predicted octanol–water partition coefficient (Wildman–Crippen LogP) is 10.9. The smallest absolute Gasteiger partial charge is 0.164 e. The maximum atomic E-state index is 5.32. The van der Waals surface area contributed by atoms with Gasteiger partial charge in [-0.05, 0) is 55.6 Å². The van der Waals surface area contributed by atoms with Gasteiger partial charge in [0.1, 0.15) is 0 Å². The van der Waals surface area contributed by atoms with Gasteiger partial charge in [0.15, 0.2) is 17.5 Å². The van der Waals surface area contributed by atoms with Crippen molar-refractivity contribution in [3.05, 3.63) is 198 Å². The Balaban J connectivity index is 1.27. The molecule has 0 amide bonds. The highest BCUT2D eigenvalue weighted by Crippen LogP contribution is 2.63. The molecule has 0 fully saturated rings. The normalized spacial score (nSPS) is 13.1. The Bertz CT molecular complexity index is 2510. The summed E-state index contributed by atoms with van der Waals surface area (Å²) in [6, 6.07) is 62.4. The van der Waals surface area contributed by atoms with Crippen molar-refractivity contribution in [1.29, 1.82) is 0 Å². The van der Waals surface area contributed by atoms with Gasteiger partial charge in [0.05, 0.1) is 5.41 Å². The Hall–Kier alpha value is -6.45. The zero-order valence-corrected chi connectivity index (χ0v) is 26.6. The minimum atomic E-state index is -0.437. The average molecular weight is 624 g/mol.